The maximum Gasteiger partial charge on any atom is 0.231 e. The lowest BCUT2D eigenvalue weighted by atomic mass is 10.0. The van der Waals surface area contributed by atoms with Crippen molar-refractivity contribution in [2.24, 2.45) is 0 Å². The van der Waals surface area contributed by atoms with Gasteiger partial charge in [-0.25, -0.2) is 0 Å². The van der Waals surface area contributed by atoms with Crippen LogP contribution in [-0.2, 0) is 0 Å². The van der Waals surface area contributed by atoms with Crippen LogP contribution in [-0.4, -0.2) is 18.6 Å². The second-order valence-corrected chi connectivity index (χ2v) is 8.05. The predicted molar refractivity (Wildman–Crippen MR) is 102 cm³/mol. The normalized spacial score (nSPS) is 25.2. The first kappa shape index (κ1) is 15.4. The van der Waals surface area contributed by atoms with Crippen molar-refractivity contribution in [3.8, 4) is 11.5 Å². The Hall–Kier alpha value is -1.81. The van der Waals surface area contributed by atoms with Crippen LogP contribution < -0.4 is 14.4 Å². The van der Waals surface area contributed by atoms with Gasteiger partial charge in [0.2, 0.25) is 6.79 Å². The summed E-state index contributed by atoms with van der Waals surface area (Å²) in [5.41, 5.74) is 4.10. The Morgan fingerprint density at radius 1 is 0.960 bits per heavy atom. The van der Waals surface area contributed by atoms with Crippen molar-refractivity contribution in [3.63, 3.8) is 0 Å². The lowest BCUT2D eigenvalue weighted by Crippen LogP contribution is -2.41. The van der Waals surface area contributed by atoms with Crippen LogP contribution in [0.2, 0.25) is 0 Å². The van der Waals surface area contributed by atoms with Crippen LogP contribution in [0.15, 0.2) is 42.5 Å². The van der Waals surface area contributed by atoms with Crippen LogP contribution in [0.5, 0.6) is 11.5 Å². The lowest BCUT2D eigenvalue weighted by molar-refractivity contribution is 0.174. The Labute approximate surface area is 153 Å². The summed E-state index contributed by atoms with van der Waals surface area (Å²) in [4.78, 5) is 2.50. The number of hydrogen-bond donors (Lipinski definition) is 0. The van der Waals surface area contributed by atoms with Gasteiger partial charge >= 0.3 is 0 Å². The molecule has 25 heavy (non-hydrogen) atoms. The van der Waals surface area contributed by atoms with Crippen molar-refractivity contribution in [1.82, 2.24) is 0 Å². The van der Waals surface area contributed by atoms with Crippen molar-refractivity contribution in [1.29, 1.82) is 0 Å². The van der Waals surface area contributed by atoms with Crippen LogP contribution in [0.4, 0.5) is 5.69 Å². The third-order valence-corrected chi connectivity index (χ3v) is 6.44. The molecule has 3 nitrogen and oxygen atoms in total. The average Bonchev–Trinajstić information content (AvgIpc) is 3.39. The molecule has 2 heterocycles. The maximum atomic E-state index is 5.59. The minimum atomic E-state index is 0.322. The summed E-state index contributed by atoms with van der Waals surface area (Å²) < 4.78 is 11.1. The fraction of sp³-hybridized carbons (Fsp3) is 0.381. The molecule has 0 spiro atoms. The van der Waals surface area contributed by atoms with Gasteiger partial charge in [0.05, 0.1) is 6.04 Å². The van der Waals surface area contributed by atoms with Crippen LogP contribution in [0, 0.1) is 5.75 Å². The van der Waals surface area contributed by atoms with Gasteiger partial charge < -0.3 is 14.4 Å². The molecular weight excluding hydrogens is 330 g/mol. The molecule has 0 bridgehead atoms. The van der Waals surface area contributed by atoms with E-state index in [1.54, 1.807) is 0 Å². The molecule has 2 atom stereocenters. The molecule has 0 N–H and O–H groups in total. The molecule has 129 valence electrons. The molecule has 1 saturated heterocycles. The molecule has 0 amide bonds. The van der Waals surface area contributed by atoms with Gasteiger partial charge in [-0.15, -0.1) is 0 Å². The summed E-state index contributed by atoms with van der Waals surface area (Å²) >= 11 is 1.93. The lowest BCUT2D eigenvalue weighted by Gasteiger charge is -2.42. The summed E-state index contributed by atoms with van der Waals surface area (Å²) in [5.74, 6) is 5.91. The molecular formula is C21H22NO2S. The Morgan fingerprint density at radius 3 is 2.52 bits per heavy atom. The predicted octanol–water partition coefficient (Wildman–Crippen LogP) is 5.14. The highest BCUT2D eigenvalue weighted by Crippen LogP contribution is 2.44. The summed E-state index contributed by atoms with van der Waals surface area (Å²) in [6.07, 6.45) is 2.71. The van der Waals surface area contributed by atoms with Crippen LogP contribution in [0.3, 0.4) is 0 Å². The summed E-state index contributed by atoms with van der Waals surface area (Å²) in [6.45, 7) is 2.59. The van der Waals surface area contributed by atoms with E-state index in [0.717, 1.165) is 23.2 Å². The standard InChI is InChI=1S/C21H22NO2S/c1-14-11-25-12-19(17-6-4-16(5-7-17)15-2-3-15)22(14)18-8-9-20-21(10-18)24-13-23-20/h4-11,14-15,19H,2-3,12-13H2,1H3. The zero-order valence-corrected chi connectivity index (χ0v) is 15.2. The van der Waals surface area contributed by atoms with Crippen LogP contribution in [0.25, 0.3) is 0 Å². The highest BCUT2D eigenvalue weighted by molar-refractivity contribution is 8.01. The largest absolute Gasteiger partial charge is 0.454 e. The molecule has 1 aliphatic carbocycles. The summed E-state index contributed by atoms with van der Waals surface area (Å²) in [6, 6.07) is 16.4. The number of rotatable bonds is 3. The minimum Gasteiger partial charge on any atom is -0.454 e. The van der Waals surface area contributed by atoms with Crippen molar-refractivity contribution < 1.29 is 9.47 Å². The maximum absolute atomic E-state index is 5.59. The van der Waals surface area contributed by atoms with E-state index in [9.17, 15) is 0 Å². The molecule has 0 aromatic heterocycles. The van der Waals surface area contributed by atoms with E-state index in [1.165, 1.54) is 29.7 Å². The van der Waals surface area contributed by atoms with E-state index in [2.05, 4.69) is 54.0 Å². The van der Waals surface area contributed by atoms with Crippen molar-refractivity contribution in [2.45, 2.75) is 37.8 Å². The van der Waals surface area contributed by atoms with Gasteiger partial charge in [-0.2, -0.15) is 11.8 Å². The molecule has 4 heteroatoms. The average molecular weight is 352 g/mol. The number of benzene rings is 2. The third-order valence-electron chi connectivity index (χ3n) is 5.35. The molecule has 1 radical (unpaired) electrons. The molecule has 2 aromatic carbocycles. The Morgan fingerprint density at radius 2 is 1.72 bits per heavy atom. The fourth-order valence-corrected chi connectivity index (χ4v) is 4.90. The third kappa shape index (κ3) is 2.86. The smallest absolute Gasteiger partial charge is 0.231 e. The summed E-state index contributed by atoms with van der Waals surface area (Å²) in [7, 11) is 0. The van der Waals surface area contributed by atoms with Gasteiger partial charge in [0.25, 0.3) is 0 Å². The number of hydrogen-bond acceptors (Lipinski definition) is 4. The number of fused-ring (bicyclic) bond motifs is 1. The number of anilines is 1. The second-order valence-electron chi connectivity index (χ2n) is 7.11. The first-order valence-electron chi connectivity index (χ1n) is 9.02. The van der Waals surface area contributed by atoms with Crippen LogP contribution >= 0.6 is 11.8 Å². The number of nitrogens with zero attached hydrogens (tertiary/aromatic N) is 1. The fourth-order valence-electron chi connectivity index (χ4n) is 3.84. The molecule has 2 unspecified atom stereocenters. The molecule has 2 fully saturated rings. The van der Waals surface area contributed by atoms with Gasteiger partial charge in [0.15, 0.2) is 11.5 Å². The van der Waals surface area contributed by atoms with E-state index >= 15 is 0 Å². The topological polar surface area (TPSA) is 21.7 Å². The van der Waals surface area contributed by atoms with E-state index < -0.39 is 0 Å². The first-order valence-corrected chi connectivity index (χ1v) is 10.1. The van der Waals surface area contributed by atoms with Crippen molar-refractivity contribution in [3.05, 3.63) is 59.3 Å². The Balaban J connectivity index is 1.48. The quantitative estimate of drug-likeness (QED) is 0.763. The highest BCUT2D eigenvalue weighted by atomic mass is 32.2. The van der Waals surface area contributed by atoms with E-state index in [-0.39, 0.29) is 0 Å². The molecule has 3 aliphatic rings. The SMILES string of the molecule is CC1[CH]SCC(c2ccc(C3CC3)cc2)N1c1ccc2c(c1)OCO2. The van der Waals surface area contributed by atoms with Gasteiger partial charge in [-0.1, -0.05) is 24.3 Å². The monoisotopic (exact) mass is 352 g/mol. The Bertz CT molecular complexity index is 772. The molecule has 2 aliphatic heterocycles. The Kier molecular flexibility index (Phi) is 3.81. The van der Waals surface area contributed by atoms with E-state index in [4.69, 9.17) is 9.47 Å². The number of thioether (sulfide) groups is 1. The minimum absolute atomic E-state index is 0.322. The van der Waals surface area contributed by atoms with Gasteiger partial charge in [-0.05, 0) is 48.9 Å². The van der Waals surface area contributed by atoms with Crippen LogP contribution in [0.1, 0.15) is 42.9 Å². The molecule has 1 saturated carbocycles. The zero-order valence-electron chi connectivity index (χ0n) is 14.4. The van der Waals surface area contributed by atoms with Gasteiger partial charge in [-0.3, -0.25) is 0 Å². The van der Waals surface area contributed by atoms with Crippen molar-refractivity contribution >= 4 is 17.4 Å². The van der Waals surface area contributed by atoms with Crippen molar-refractivity contribution in [2.75, 3.05) is 17.4 Å². The molecule has 5 rings (SSSR count). The second kappa shape index (κ2) is 6.17. The highest BCUT2D eigenvalue weighted by Gasteiger charge is 2.31. The number of ether oxygens (including phenoxy) is 2. The van der Waals surface area contributed by atoms with E-state index in [0.29, 0.717) is 18.9 Å². The molecule has 2 aromatic rings. The zero-order chi connectivity index (χ0) is 16.8. The van der Waals surface area contributed by atoms with Gasteiger partial charge in [0, 0.05) is 29.3 Å². The van der Waals surface area contributed by atoms with E-state index in [1.807, 2.05) is 17.8 Å². The van der Waals surface area contributed by atoms with Gasteiger partial charge in [0.1, 0.15) is 0 Å². The summed E-state index contributed by atoms with van der Waals surface area (Å²) in [5, 5.41) is 0. The first-order chi connectivity index (χ1) is 12.3.